The van der Waals surface area contributed by atoms with Crippen LogP contribution in [0.5, 0.6) is 0 Å². The number of benzene rings is 1. The van der Waals surface area contributed by atoms with Crippen LogP contribution < -0.4 is 22.6 Å². The quantitative estimate of drug-likeness (QED) is 0.339. The molecule has 2 aromatic rings. The average molecular weight is 290 g/mol. The molecule has 0 aliphatic carbocycles. The number of hydrogen-bond donors (Lipinski definition) is 0. The number of fused-ring (bicyclic) bond motifs is 1. The van der Waals surface area contributed by atoms with Gasteiger partial charge in [0.05, 0.1) is 0 Å². The third-order valence-electron chi connectivity index (χ3n) is 1.44. The van der Waals surface area contributed by atoms with Crippen molar-refractivity contribution in [2.45, 2.75) is 0 Å². The molecule has 0 radical (unpaired) electrons. The van der Waals surface area contributed by atoms with Crippen molar-refractivity contribution in [3.8, 4) is 0 Å². The second-order valence-corrected chi connectivity index (χ2v) is 2.21. The Morgan fingerprint density at radius 1 is 1.23 bits per heavy atom. The zero-order valence-corrected chi connectivity index (χ0v) is 11.3. The number of halogens is 1. The van der Waals surface area contributed by atoms with Gasteiger partial charge in [-0.05, 0) is 0 Å². The molecule has 62 valence electrons. The second-order valence-electron chi connectivity index (χ2n) is 2.21. The van der Waals surface area contributed by atoms with Gasteiger partial charge in [-0.1, -0.05) is 18.2 Å². The molecule has 2 nitrogen and oxygen atoms in total. The molecule has 0 fully saturated rings. The standard InChI is InChI=1S/C9H5O2.BrH.Zn/c10-9-6-5-7-3-1-2-4-8(7)11-9;;/h1-4,6H;1H;/q-1;;+2/p-1. The van der Waals surface area contributed by atoms with Crippen LogP contribution in [0.25, 0.3) is 11.0 Å². The average Bonchev–Trinajstić information content (AvgIpc) is 2.04. The Hall–Kier alpha value is -0.467. The van der Waals surface area contributed by atoms with Crippen molar-refractivity contribution in [2.24, 2.45) is 0 Å². The van der Waals surface area contributed by atoms with Crippen LogP contribution in [0.1, 0.15) is 0 Å². The minimum absolute atomic E-state index is 0. The topological polar surface area (TPSA) is 30.2 Å². The molecule has 0 amide bonds. The van der Waals surface area contributed by atoms with Crippen molar-refractivity contribution >= 4 is 11.0 Å². The fourth-order valence-corrected chi connectivity index (χ4v) is 0.949. The molecule has 0 unspecified atom stereocenters. The first-order valence-electron chi connectivity index (χ1n) is 3.27. The third kappa shape index (κ3) is 2.75. The number of para-hydroxylation sites is 1. The van der Waals surface area contributed by atoms with Crippen LogP contribution >= 0.6 is 0 Å². The van der Waals surface area contributed by atoms with E-state index < -0.39 is 0 Å². The Morgan fingerprint density at radius 3 is 2.69 bits per heavy atom. The molecule has 13 heavy (non-hydrogen) atoms. The molecule has 0 saturated carbocycles. The maximum absolute atomic E-state index is 10.7. The predicted molar refractivity (Wildman–Crippen MR) is 41.3 cm³/mol. The van der Waals surface area contributed by atoms with Gasteiger partial charge in [0.15, 0.2) is 0 Å². The molecule has 1 heterocycles. The molecule has 1 aromatic carbocycles. The summed E-state index contributed by atoms with van der Waals surface area (Å²) < 4.78 is 4.87. The Bertz CT molecular complexity index is 439. The van der Waals surface area contributed by atoms with Gasteiger partial charge in [0, 0.05) is 5.58 Å². The zero-order valence-electron chi connectivity index (χ0n) is 6.79. The van der Waals surface area contributed by atoms with E-state index in [1.807, 2.05) is 18.2 Å². The van der Waals surface area contributed by atoms with Gasteiger partial charge in [0.1, 0.15) is 0 Å². The summed E-state index contributed by atoms with van der Waals surface area (Å²) in [6.45, 7) is 0. The van der Waals surface area contributed by atoms with Crippen molar-refractivity contribution in [3.63, 3.8) is 0 Å². The van der Waals surface area contributed by atoms with Crippen LogP contribution in [0, 0.1) is 6.07 Å². The maximum Gasteiger partial charge on any atom is 2.00 e. The van der Waals surface area contributed by atoms with Crippen LogP contribution in [0.2, 0.25) is 0 Å². The first-order chi connectivity index (χ1) is 5.36. The SMILES string of the molecule is O=c1c[c-]c2ccccc2o1.[Br-].[Zn+2]. The van der Waals surface area contributed by atoms with E-state index in [1.54, 1.807) is 6.07 Å². The van der Waals surface area contributed by atoms with E-state index in [2.05, 4.69) is 6.07 Å². The Kier molecular flexibility index (Phi) is 5.11. The van der Waals surface area contributed by atoms with E-state index in [-0.39, 0.29) is 42.1 Å². The van der Waals surface area contributed by atoms with Gasteiger partial charge in [-0.25, -0.2) is 0 Å². The third-order valence-corrected chi connectivity index (χ3v) is 1.44. The first-order valence-corrected chi connectivity index (χ1v) is 3.27. The first kappa shape index (κ1) is 12.5. The van der Waals surface area contributed by atoms with Gasteiger partial charge in [-0.3, -0.25) is 0 Å². The normalized spacial score (nSPS) is 8.62. The monoisotopic (exact) mass is 288 g/mol. The second kappa shape index (κ2) is 5.30. The smallest absolute Gasteiger partial charge is 1.00 e. The van der Waals surface area contributed by atoms with Crippen LogP contribution in [0.15, 0.2) is 39.5 Å². The van der Waals surface area contributed by atoms with Gasteiger partial charge < -0.3 is 26.2 Å². The molecule has 0 aliphatic rings. The molecule has 0 saturated heterocycles. The van der Waals surface area contributed by atoms with E-state index in [0.717, 1.165) is 5.39 Å². The fraction of sp³-hybridized carbons (Fsp3) is 0. The molecule has 0 N–H and O–H groups in total. The van der Waals surface area contributed by atoms with Crippen molar-refractivity contribution in [1.29, 1.82) is 0 Å². The summed E-state index contributed by atoms with van der Waals surface area (Å²) in [5.41, 5.74) is 0.226. The molecular weight excluding hydrogens is 285 g/mol. The van der Waals surface area contributed by atoms with Crippen molar-refractivity contribution in [1.82, 2.24) is 0 Å². The van der Waals surface area contributed by atoms with Crippen LogP contribution in [0.4, 0.5) is 0 Å². The fourth-order valence-electron chi connectivity index (χ4n) is 0.949. The summed E-state index contributed by atoms with van der Waals surface area (Å²) in [7, 11) is 0. The minimum atomic E-state index is -0.358. The van der Waals surface area contributed by atoms with Gasteiger partial charge >= 0.3 is 19.5 Å². The Balaban J connectivity index is 0.000000720. The Morgan fingerprint density at radius 2 is 1.92 bits per heavy atom. The largest absolute Gasteiger partial charge is 2.00 e. The van der Waals surface area contributed by atoms with E-state index >= 15 is 0 Å². The van der Waals surface area contributed by atoms with Crippen LogP contribution in [-0.2, 0) is 19.5 Å². The van der Waals surface area contributed by atoms with E-state index in [4.69, 9.17) is 4.42 Å². The van der Waals surface area contributed by atoms with Crippen molar-refractivity contribution < 1.29 is 40.9 Å². The molecule has 0 aliphatic heterocycles. The van der Waals surface area contributed by atoms with Crippen molar-refractivity contribution in [2.75, 3.05) is 0 Å². The van der Waals surface area contributed by atoms with E-state index in [0.29, 0.717) is 5.58 Å². The minimum Gasteiger partial charge on any atom is -1.00 e. The van der Waals surface area contributed by atoms with Gasteiger partial charge in [0.25, 0.3) is 0 Å². The van der Waals surface area contributed by atoms with Gasteiger partial charge in [-0.2, -0.15) is 0 Å². The summed E-state index contributed by atoms with van der Waals surface area (Å²) in [6.07, 6.45) is 0. The summed E-state index contributed by atoms with van der Waals surface area (Å²) in [4.78, 5) is 10.7. The van der Waals surface area contributed by atoms with Crippen LogP contribution in [-0.4, -0.2) is 0 Å². The molecule has 0 bridgehead atoms. The Labute approximate surface area is 98.5 Å². The summed E-state index contributed by atoms with van der Waals surface area (Å²) >= 11 is 0. The van der Waals surface area contributed by atoms with Crippen molar-refractivity contribution in [3.05, 3.63) is 46.8 Å². The summed E-state index contributed by atoms with van der Waals surface area (Å²) in [5.74, 6) is 0. The summed E-state index contributed by atoms with van der Waals surface area (Å²) in [5, 5.41) is 0.826. The molecular formula is C9H5BrO2Zn. The molecule has 2 rings (SSSR count). The number of rotatable bonds is 0. The molecule has 1 aromatic heterocycles. The predicted octanol–water partition coefficient (Wildman–Crippen LogP) is -1.41. The van der Waals surface area contributed by atoms with Gasteiger partial charge in [-0.15, -0.1) is 23.6 Å². The molecule has 0 spiro atoms. The molecule has 4 heteroatoms. The zero-order chi connectivity index (χ0) is 7.68. The molecule has 0 atom stereocenters. The summed E-state index contributed by atoms with van der Waals surface area (Å²) in [6, 6.07) is 11.4. The number of hydrogen-bond acceptors (Lipinski definition) is 2. The van der Waals surface area contributed by atoms with Gasteiger partial charge in [0.2, 0.25) is 5.63 Å². The maximum atomic E-state index is 10.7. The van der Waals surface area contributed by atoms with E-state index in [1.165, 1.54) is 6.07 Å². The van der Waals surface area contributed by atoms with E-state index in [9.17, 15) is 4.79 Å². The van der Waals surface area contributed by atoms with Crippen LogP contribution in [0.3, 0.4) is 0 Å².